The average molecular weight is 532 g/mol. The van der Waals surface area contributed by atoms with Gasteiger partial charge in [0, 0.05) is 44.3 Å². The van der Waals surface area contributed by atoms with Crippen LogP contribution in [0.4, 0.5) is 24.7 Å². The number of hydrogen-bond acceptors (Lipinski definition) is 8. The summed E-state index contributed by atoms with van der Waals surface area (Å²) in [6, 6.07) is 5.84. The summed E-state index contributed by atoms with van der Waals surface area (Å²) in [4.78, 5) is 18.5. The average Bonchev–Trinajstić information content (AvgIpc) is 2.88. The van der Waals surface area contributed by atoms with Crippen molar-refractivity contribution in [2.75, 3.05) is 56.6 Å². The van der Waals surface area contributed by atoms with Gasteiger partial charge in [-0.15, -0.1) is 0 Å². The molecule has 1 atom stereocenters. The summed E-state index contributed by atoms with van der Waals surface area (Å²) in [6.07, 6.45) is -2.89. The molecular weight excluding hydrogens is 495 g/mol. The molecule has 0 radical (unpaired) electrons. The van der Waals surface area contributed by atoms with Crippen molar-refractivity contribution < 1.29 is 17.9 Å². The third-order valence-electron chi connectivity index (χ3n) is 6.83. The molecule has 11 heteroatoms. The van der Waals surface area contributed by atoms with Gasteiger partial charge in [-0.25, -0.2) is 23.1 Å². The maximum atomic E-state index is 14.9. The largest absolute Gasteiger partial charge is 0.475 e. The Hall–Kier alpha value is -3.18. The number of piperazine rings is 1. The van der Waals surface area contributed by atoms with E-state index in [0.29, 0.717) is 47.7 Å². The highest BCUT2D eigenvalue weighted by molar-refractivity contribution is 5.90. The summed E-state index contributed by atoms with van der Waals surface area (Å²) in [5.74, 6) is 0.511. The summed E-state index contributed by atoms with van der Waals surface area (Å²) in [6.45, 7) is 12.4. The number of rotatable bonds is 10. The maximum Gasteiger partial charge on any atom is 0.266 e. The molecule has 0 spiro atoms. The van der Waals surface area contributed by atoms with Crippen molar-refractivity contribution in [2.24, 2.45) is 0 Å². The van der Waals surface area contributed by atoms with E-state index in [2.05, 4.69) is 44.2 Å². The minimum Gasteiger partial charge on any atom is -0.475 e. The quantitative estimate of drug-likeness (QED) is 0.364. The fourth-order valence-corrected chi connectivity index (χ4v) is 4.66. The number of hydrogen-bond donors (Lipinski definition) is 2. The van der Waals surface area contributed by atoms with Gasteiger partial charge in [-0.05, 0) is 40.8 Å². The van der Waals surface area contributed by atoms with Crippen molar-refractivity contribution in [1.29, 1.82) is 0 Å². The Labute approximate surface area is 221 Å². The number of alkyl halides is 2. The molecule has 38 heavy (non-hydrogen) atoms. The normalized spacial score (nSPS) is 15.5. The molecular formula is C27H36F3N7O. The van der Waals surface area contributed by atoms with E-state index < -0.39 is 23.8 Å². The summed E-state index contributed by atoms with van der Waals surface area (Å²) < 4.78 is 47.5. The third-order valence-corrected chi connectivity index (χ3v) is 6.83. The molecule has 3 aromatic rings. The van der Waals surface area contributed by atoms with Gasteiger partial charge in [0.1, 0.15) is 29.8 Å². The molecule has 206 valence electrons. The van der Waals surface area contributed by atoms with Crippen LogP contribution in [0.3, 0.4) is 0 Å². The fraction of sp³-hybridized carbons (Fsp3) is 0.519. The van der Waals surface area contributed by atoms with Gasteiger partial charge in [0.05, 0.1) is 17.0 Å². The Morgan fingerprint density at radius 2 is 1.74 bits per heavy atom. The van der Waals surface area contributed by atoms with E-state index in [1.807, 2.05) is 13.1 Å². The molecule has 4 rings (SSSR count). The lowest BCUT2D eigenvalue weighted by atomic mass is 10.0. The number of aryl methyl sites for hydroxylation is 1. The molecule has 1 aliphatic heterocycles. The Morgan fingerprint density at radius 1 is 1.03 bits per heavy atom. The molecule has 2 N–H and O–H groups in total. The lowest BCUT2D eigenvalue weighted by Crippen LogP contribution is -2.49. The van der Waals surface area contributed by atoms with Crippen LogP contribution in [0.25, 0.3) is 11.0 Å². The molecule has 1 aliphatic rings. The zero-order chi connectivity index (χ0) is 27.4. The molecule has 0 amide bonds. The van der Waals surface area contributed by atoms with Gasteiger partial charge >= 0.3 is 0 Å². The number of halogens is 3. The van der Waals surface area contributed by atoms with Crippen molar-refractivity contribution in [3.8, 4) is 5.88 Å². The first-order valence-electron chi connectivity index (χ1n) is 13.0. The van der Waals surface area contributed by atoms with E-state index in [-0.39, 0.29) is 5.56 Å². The van der Waals surface area contributed by atoms with Crippen LogP contribution in [-0.2, 0) is 0 Å². The number of pyridine rings is 1. The van der Waals surface area contributed by atoms with Crippen LogP contribution in [0.2, 0.25) is 0 Å². The fourth-order valence-electron chi connectivity index (χ4n) is 4.66. The van der Waals surface area contributed by atoms with E-state index >= 15 is 0 Å². The van der Waals surface area contributed by atoms with Crippen LogP contribution in [0.5, 0.6) is 5.88 Å². The van der Waals surface area contributed by atoms with Gasteiger partial charge in [-0.3, -0.25) is 4.90 Å². The number of nitrogens with one attached hydrogen (secondary N) is 2. The van der Waals surface area contributed by atoms with Gasteiger partial charge in [-0.2, -0.15) is 4.98 Å². The highest BCUT2D eigenvalue weighted by Crippen LogP contribution is 2.35. The molecule has 3 heterocycles. The van der Waals surface area contributed by atoms with Crippen LogP contribution < -0.4 is 20.3 Å². The summed E-state index contributed by atoms with van der Waals surface area (Å²) in [5, 5.41) is 6.94. The van der Waals surface area contributed by atoms with E-state index in [0.717, 1.165) is 37.9 Å². The Morgan fingerprint density at radius 3 is 2.39 bits per heavy atom. The molecule has 1 aromatic carbocycles. The van der Waals surface area contributed by atoms with Crippen LogP contribution in [0.1, 0.15) is 50.2 Å². The number of aromatic nitrogens is 3. The van der Waals surface area contributed by atoms with Crippen molar-refractivity contribution >= 4 is 22.5 Å². The summed E-state index contributed by atoms with van der Waals surface area (Å²) in [7, 11) is 1.86. The van der Waals surface area contributed by atoms with Crippen LogP contribution in [-0.4, -0.2) is 72.3 Å². The number of nitrogens with zero attached hydrogens (tertiary/aromatic N) is 5. The lowest BCUT2D eigenvalue weighted by Gasteiger charge is -2.38. The zero-order valence-electron chi connectivity index (χ0n) is 22.6. The molecule has 2 aromatic heterocycles. The second-order valence-corrected chi connectivity index (χ2v) is 9.79. The van der Waals surface area contributed by atoms with E-state index in [9.17, 15) is 13.2 Å². The van der Waals surface area contributed by atoms with Gasteiger partial charge < -0.3 is 20.3 Å². The molecule has 1 saturated heterocycles. The van der Waals surface area contributed by atoms with E-state index in [4.69, 9.17) is 9.72 Å². The highest BCUT2D eigenvalue weighted by atomic mass is 19.3. The third kappa shape index (κ3) is 6.10. The number of benzene rings is 1. The zero-order valence-corrected chi connectivity index (χ0v) is 22.6. The van der Waals surface area contributed by atoms with E-state index in [1.54, 1.807) is 13.8 Å². The molecule has 0 unspecified atom stereocenters. The predicted molar refractivity (Wildman–Crippen MR) is 144 cm³/mol. The monoisotopic (exact) mass is 531 g/mol. The highest BCUT2D eigenvalue weighted by Gasteiger charge is 2.25. The standard InChI is InChI=1S/C27H36F3N7O/c1-16(2)36-10-12-37(13-11-36)22-15-21-25(32-17(3)19-7-6-8-20(23(19)28)24(29)30)33-18(4)34-26(21)35-27(22)38-14-9-31-5/h6-8,15-17,24,31H,9-14H2,1-5H3,(H,32,33,34,35)/t17-/m1/s1. The van der Waals surface area contributed by atoms with Crippen molar-refractivity contribution in [3.05, 3.63) is 47.0 Å². The van der Waals surface area contributed by atoms with E-state index in [1.165, 1.54) is 12.1 Å². The van der Waals surface area contributed by atoms with Gasteiger partial charge in [0.25, 0.3) is 6.43 Å². The maximum absolute atomic E-state index is 14.9. The van der Waals surface area contributed by atoms with Gasteiger partial charge in [0.2, 0.25) is 5.88 Å². The van der Waals surface area contributed by atoms with Crippen molar-refractivity contribution in [2.45, 2.75) is 46.2 Å². The first-order valence-corrected chi connectivity index (χ1v) is 13.0. The lowest BCUT2D eigenvalue weighted by molar-refractivity contribution is 0.146. The first kappa shape index (κ1) is 27.8. The number of anilines is 2. The topological polar surface area (TPSA) is 78.4 Å². The second-order valence-electron chi connectivity index (χ2n) is 9.79. The first-order chi connectivity index (χ1) is 18.2. The number of fused-ring (bicyclic) bond motifs is 1. The predicted octanol–water partition coefficient (Wildman–Crippen LogP) is 4.71. The minimum atomic E-state index is -2.89. The summed E-state index contributed by atoms with van der Waals surface area (Å²) in [5.41, 5.74) is 0.800. The van der Waals surface area contributed by atoms with Crippen LogP contribution in [0.15, 0.2) is 24.3 Å². The van der Waals surface area contributed by atoms with Crippen molar-refractivity contribution in [3.63, 3.8) is 0 Å². The Bertz CT molecular complexity index is 1250. The number of ether oxygens (including phenoxy) is 1. The van der Waals surface area contributed by atoms with Gasteiger partial charge in [0.15, 0.2) is 5.65 Å². The SMILES string of the molecule is CNCCOc1nc2nc(C)nc(N[C@H](C)c3cccc(C(F)F)c3F)c2cc1N1CCN(C(C)C)CC1. The number of likely N-dealkylation sites (N-methyl/N-ethyl adjacent to an activating group) is 1. The molecule has 8 nitrogen and oxygen atoms in total. The molecule has 0 bridgehead atoms. The Balaban J connectivity index is 1.72. The summed E-state index contributed by atoms with van der Waals surface area (Å²) >= 11 is 0. The molecule has 0 saturated carbocycles. The molecule has 1 fully saturated rings. The second kappa shape index (κ2) is 12.1. The van der Waals surface area contributed by atoms with Crippen molar-refractivity contribution in [1.82, 2.24) is 25.2 Å². The molecule has 0 aliphatic carbocycles. The van der Waals surface area contributed by atoms with Crippen LogP contribution in [0, 0.1) is 12.7 Å². The smallest absolute Gasteiger partial charge is 0.266 e. The van der Waals surface area contributed by atoms with Gasteiger partial charge in [-0.1, -0.05) is 18.2 Å². The van der Waals surface area contributed by atoms with Crippen LogP contribution >= 0.6 is 0 Å². The minimum absolute atomic E-state index is 0.136. The Kier molecular flexibility index (Phi) is 8.88.